The second-order valence-corrected chi connectivity index (χ2v) is 7.13. The van der Waals surface area contributed by atoms with Crippen LogP contribution in [0.1, 0.15) is 49.0 Å². The van der Waals surface area contributed by atoms with E-state index in [-0.39, 0.29) is 29.4 Å². The lowest BCUT2D eigenvalue weighted by molar-refractivity contribution is -0.274. The molecule has 3 aromatic rings. The molecular formula is C22H21ClF3N3O3. The summed E-state index contributed by atoms with van der Waals surface area (Å²) in [4.78, 5) is 18.9. The second kappa shape index (κ2) is 10.0. The molecule has 2 heterocycles. The first-order valence-electron chi connectivity index (χ1n) is 10.1. The maximum absolute atomic E-state index is 12.9. The van der Waals surface area contributed by atoms with E-state index < -0.39 is 6.36 Å². The van der Waals surface area contributed by atoms with Crippen LogP contribution in [-0.4, -0.2) is 33.9 Å². The minimum absolute atomic E-state index is 0.164. The summed E-state index contributed by atoms with van der Waals surface area (Å²) in [7, 11) is 0. The van der Waals surface area contributed by atoms with E-state index in [0.29, 0.717) is 29.1 Å². The molecule has 6 nitrogen and oxygen atoms in total. The van der Waals surface area contributed by atoms with Gasteiger partial charge in [0.1, 0.15) is 11.8 Å². The summed E-state index contributed by atoms with van der Waals surface area (Å²) in [5.41, 5.74) is 0.972. The summed E-state index contributed by atoms with van der Waals surface area (Å²) in [5, 5.41) is 4.45. The van der Waals surface area contributed by atoms with E-state index in [1.54, 1.807) is 29.2 Å². The Labute approximate surface area is 187 Å². The van der Waals surface area contributed by atoms with Crippen LogP contribution in [-0.2, 0) is 0 Å². The van der Waals surface area contributed by atoms with Gasteiger partial charge in [0.15, 0.2) is 0 Å². The van der Waals surface area contributed by atoms with E-state index in [0.717, 1.165) is 6.42 Å². The fourth-order valence-electron chi connectivity index (χ4n) is 3.32. The lowest BCUT2D eigenvalue weighted by Gasteiger charge is -2.21. The number of rotatable bonds is 4. The van der Waals surface area contributed by atoms with Crippen LogP contribution in [0.4, 0.5) is 13.2 Å². The van der Waals surface area contributed by atoms with Gasteiger partial charge in [-0.15, -0.1) is 13.2 Å². The molecule has 2 aromatic carbocycles. The van der Waals surface area contributed by atoms with Crippen molar-refractivity contribution >= 4 is 17.5 Å². The molecule has 1 aromatic heterocycles. The standard InChI is InChI=1S/C20H15ClF3N3O3.C2H6/c21-14-7-3-13(4-8-14)19(28)27-11-1-2-16(27)18-25-17(26-30-18)12-5-9-15(10-6-12)29-20(22,23)24;1-2/h3-10,16H,1-2,11H2;1-2H3. The molecular weight excluding hydrogens is 447 g/mol. The van der Waals surface area contributed by atoms with E-state index in [2.05, 4.69) is 14.9 Å². The summed E-state index contributed by atoms with van der Waals surface area (Å²) in [6, 6.07) is 11.4. The number of nitrogens with zero attached hydrogens (tertiary/aromatic N) is 3. The van der Waals surface area contributed by atoms with E-state index in [1.807, 2.05) is 13.8 Å². The molecule has 0 radical (unpaired) electrons. The Morgan fingerprint density at radius 3 is 2.41 bits per heavy atom. The Balaban J connectivity index is 0.00000141. The number of ether oxygens (including phenoxy) is 1. The number of carbonyl (C=O) groups is 1. The predicted molar refractivity (Wildman–Crippen MR) is 112 cm³/mol. The maximum Gasteiger partial charge on any atom is 0.573 e. The van der Waals surface area contributed by atoms with Gasteiger partial charge in [-0.25, -0.2) is 0 Å². The van der Waals surface area contributed by atoms with E-state index >= 15 is 0 Å². The van der Waals surface area contributed by atoms with E-state index in [4.69, 9.17) is 16.1 Å². The highest BCUT2D eigenvalue weighted by molar-refractivity contribution is 6.30. The van der Waals surface area contributed by atoms with Gasteiger partial charge in [0.05, 0.1) is 0 Å². The number of hydrogen-bond acceptors (Lipinski definition) is 5. The fraction of sp³-hybridized carbons (Fsp3) is 0.318. The number of aromatic nitrogens is 2. The molecule has 0 saturated carbocycles. The highest BCUT2D eigenvalue weighted by Crippen LogP contribution is 2.34. The number of benzene rings is 2. The molecule has 4 rings (SSSR count). The van der Waals surface area contributed by atoms with Crippen LogP contribution in [0, 0.1) is 0 Å². The van der Waals surface area contributed by atoms with Crippen molar-refractivity contribution in [3.05, 3.63) is 65.0 Å². The van der Waals surface area contributed by atoms with Gasteiger partial charge in [-0.1, -0.05) is 30.6 Å². The van der Waals surface area contributed by atoms with Crippen LogP contribution >= 0.6 is 11.6 Å². The summed E-state index contributed by atoms with van der Waals surface area (Å²) in [6.45, 7) is 4.55. The third kappa shape index (κ3) is 5.59. The van der Waals surface area contributed by atoms with Crippen molar-refractivity contribution in [3.63, 3.8) is 0 Å². The second-order valence-electron chi connectivity index (χ2n) is 6.69. The normalized spacial score (nSPS) is 15.8. The SMILES string of the molecule is CC.O=C(c1ccc(Cl)cc1)N1CCCC1c1nc(-c2ccc(OC(F)(F)F)cc2)no1. The maximum atomic E-state index is 12.9. The smallest absolute Gasteiger partial charge is 0.406 e. The molecule has 10 heteroatoms. The fourth-order valence-corrected chi connectivity index (χ4v) is 3.44. The molecule has 1 aliphatic heterocycles. The monoisotopic (exact) mass is 467 g/mol. The molecule has 170 valence electrons. The van der Waals surface area contributed by atoms with Crippen LogP contribution in [0.2, 0.25) is 5.02 Å². The zero-order valence-corrected chi connectivity index (χ0v) is 18.2. The molecule has 0 bridgehead atoms. The van der Waals surface area contributed by atoms with Gasteiger partial charge >= 0.3 is 6.36 Å². The van der Waals surface area contributed by atoms with Crippen LogP contribution in [0.5, 0.6) is 5.75 Å². The minimum atomic E-state index is -4.76. The van der Waals surface area contributed by atoms with Gasteiger partial charge in [-0.05, 0) is 61.4 Å². The summed E-state index contributed by atoms with van der Waals surface area (Å²) >= 11 is 5.88. The average molecular weight is 468 g/mol. The quantitative estimate of drug-likeness (QED) is 0.451. The first kappa shape index (κ1) is 23.6. The molecule has 32 heavy (non-hydrogen) atoms. The van der Waals surface area contributed by atoms with E-state index in [9.17, 15) is 18.0 Å². The van der Waals surface area contributed by atoms with Crippen molar-refractivity contribution < 1.29 is 27.2 Å². The van der Waals surface area contributed by atoms with Gasteiger partial charge in [-0.2, -0.15) is 4.98 Å². The van der Waals surface area contributed by atoms with Gasteiger partial charge < -0.3 is 14.2 Å². The van der Waals surface area contributed by atoms with Crippen molar-refractivity contribution in [3.8, 4) is 17.1 Å². The largest absolute Gasteiger partial charge is 0.573 e. The van der Waals surface area contributed by atoms with Crippen molar-refractivity contribution in [2.24, 2.45) is 0 Å². The third-order valence-corrected chi connectivity index (χ3v) is 4.93. The number of halogens is 4. The Morgan fingerprint density at radius 1 is 1.12 bits per heavy atom. The molecule has 1 fully saturated rings. The number of likely N-dealkylation sites (tertiary alicyclic amines) is 1. The van der Waals surface area contributed by atoms with Gasteiger partial charge in [0.25, 0.3) is 5.91 Å². The van der Waals surface area contributed by atoms with Gasteiger partial charge in [0, 0.05) is 22.7 Å². The zero-order valence-electron chi connectivity index (χ0n) is 17.4. The van der Waals surface area contributed by atoms with E-state index in [1.165, 1.54) is 24.3 Å². The molecule has 0 N–H and O–H groups in total. The number of carbonyl (C=O) groups excluding carboxylic acids is 1. The molecule has 0 aliphatic carbocycles. The molecule has 1 atom stereocenters. The Bertz CT molecular complexity index is 1040. The van der Waals surface area contributed by atoms with Crippen molar-refractivity contribution in [2.45, 2.75) is 39.1 Å². The van der Waals surface area contributed by atoms with Crippen molar-refractivity contribution in [2.75, 3.05) is 6.54 Å². The van der Waals surface area contributed by atoms with Gasteiger partial charge in [-0.3, -0.25) is 4.79 Å². The molecule has 1 amide bonds. The Kier molecular flexibility index (Phi) is 7.40. The molecule has 1 saturated heterocycles. The van der Waals surface area contributed by atoms with Crippen LogP contribution < -0.4 is 4.74 Å². The van der Waals surface area contributed by atoms with Crippen LogP contribution in [0.25, 0.3) is 11.4 Å². The summed E-state index contributed by atoms with van der Waals surface area (Å²) < 4.78 is 46.1. The summed E-state index contributed by atoms with van der Waals surface area (Å²) in [6.07, 6.45) is -3.31. The topological polar surface area (TPSA) is 68.5 Å². The Morgan fingerprint density at radius 2 is 1.78 bits per heavy atom. The lowest BCUT2D eigenvalue weighted by atomic mass is 10.1. The average Bonchev–Trinajstić information content (AvgIpc) is 3.44. The van der Waals surface area contributed by atoms with Crippen LogP contribution in [0.3, 0.4) is 0 Å². The molecule has 0 spiro atoms. The van der Waals surface area contributed by atoms with Crippen molar-refractivity contribution in [1.29, 1.82) is 0 Å². The number of alkyl halides is 3. The lowest BCUT2D eigenvalue weighted by Crippen LogP contribution is -2.30. The first-order chi connectivity index (χ1) is 15.3. The third-order valence-electron chi connectivity index (χ3n) is 4.68. The minimum Gasteiger partial charge on any atom is -0.406 e. The Hall–Kier alpha value is -3.07. The zero-order chi connectivity index (χ0) is 23.3. The first-order valence-corrected chi connectivity index (χ1v) is 10.4. The summed E-state index contributed by atoms with van der Waals surface area (Å²) in [5.74, 6) is -0.0113. The highest BCUT2D eigenvalue weighted by Gasteiger charge is 2.35. The van der Waals surface area contributed by atoms with Gasteiger partial charge in [0.2, 0.25) is 11.7 Å². The molecule has 1 unspecified atom stereocenters. The van der Waals surface area contributed by atoms with Crippen molar-refractivity contribution in [1.82, 2.24) is 15.0 Å². The predicted octanol–water partition coefficient (Wildman–Crippen LogP) is 6.29. The molecule has 1 aliphatic rings. The van der Waals surface area contributed by atoms with Crippen LogP contribution in [0.15, 0.2) is 53.1 Å². The number of hydrogen-bond donors (Lipinski definition) is 0. The highest BCUT2D eigenvalue weighted by atomic mass is 35.5. The number of amides is 1.